The van der Waals surface area contributed by atoms with Crippen LogP contribution in [0.15, 0.2) is 47.4 Å². The third kappa shape index (κ3) is 4.07. The van der Waals surface area contributed by atoms with Gasteiger partial charge in [-0.05, 0) is 48.9 Å². The molecule has 1 heterocycles. The van der Waals surface area contributed by atoms with Gasteiger partial charge in [-0.2, -0.15) is 0 Å². The highest BCUT2D eigenvalue weighted by molar-refractivity contribution is 7.93. The summed E-state index contributed by atoms with van der Waals surface area (Å²) in [5, 5.41) is 19.6. The summed E-state index contributed by atoms with van der Waals surface area (Å²) in [5.41, 5.74) is 6.20. The highest BCUT2D eigenvalue weighted by atomic mass is 32.2. The van der Waals surface area contributed by atoms with Crippen molar-refractivity contribution in [3.05, 3.63) is 53.6 Å². The number of aliphatic hydroxyl groups excluding tert-OH is 1. The first-order valence-corrected chi connectivity index (χ1v) is 11.8. The first kappa shape index (κ1) is 21.1. The van der Waals surface area contributed by atoms with Crippen LogP contribution < -0.4 is 10.0 Å². The molecule has 1 saturated heterocycles. The van der Waals surface area contributed by atoms with Gasteiger partial charge in [-0.1, -0.05) is 6.07 Å². The van der Waals surface area contributed by atoms with Gasteiger partial charge in [0.2, 0.25) is 0 Å². The molecule has 1 aliphatic rings. The molecule has 4 N–H and O–H groups in total. The van der Waals surface area contributed by atoms with Crippen molar-refractivity contribution >= 4 is 37.2 Å². The second-order valence-corrected chi connectivity index (χ2v) is 10.8. The van der Waals surface area contributed by atoms with E-state index in [1.807, 2.05) is 0 Å². The second kappa shape index (κ2) is 7.32. The standard InChI is InChI=1S/C18H20N2O7S2/c1-11-2-3-12(18(22)23)8-17(11)29(26,27)20(14-6-4-13(19)5-7-14)15-9-28(24,25)10-16(15)21/h2-8,15-16,21H,9-10,19H2,1H3,(H,22,23)/t15-,16+/m0/s1. The van der Waals surface area contributed by atoms with Crippen LogP contribution in [0.4, 0.5) is 11.4 Å². The molecule has 9 nitrogen and oxygen atoms in total. The second-order valence-electron chi connectivity index (χ2n) is 6.89. The van der Waals surface area contributed by atoms with E-state index in [0.29, 0.717) is 5.69 Å². The normalized spacial score (nSPS) is 21.0. The van der Waals surface area contributed by atoms with Crippen LogP contribution in [0.25, 0.3) is 0 Å². The molecule has 0 aromatic heterocycles. The third-order valence-corrected chi connectivity index (χ3v) is 8.41. The van der Waals surface area contributed by atoms with Gasteiger partial charge < -0.3 is 15.9 Å². The van der Waals surface area contributed by atoms with Gasteiger partial charge in [0.1, 0.15) is 0 Å². The monoisotopic (exact) mass is 440 g/mol. The molecule has 3 rings (SSSR count). The number of sulfonamides is 1. The quantitative estimate of drug-likeness (QED) is 0.572. The Morgan fingerprint density at radius 1 is 1.14 bits per heavy atom. The number of aryl methyl sites for hydroxylation is 1. The number of nitrogen functional groups attached to an aromatic ring is 1. The molecular weight excluding hydrogens is 420 g/mol. The zero-order valence-electron chi connectivity index (χ0n) is 15.4. The van der Waals surface area contributed by atoms with E-state index in [2.05, 4.69) is 0 Å². The molecule has 2 aromatic rings. The molecule has 0 radical (unpaired) electrons. The molecule has 1 fully saturated rings. The summed E-state index contributed by atoms with van der Waals surface area (Å²) in [7, 11) is -8.07. The van der Waals surface area contributed by atoms with Crippen LogP contribution in [-0.4, -0.2) is 56.7 Å². The zero-order chi connectivity index (χ0) is 21.6. The van der Waals surface area contributed by atoms with Crippen molar-refractivity contribution < 1.29 is 31.8 Å². The Hall–Kier alpha value is -2.63. The Balaban J connectivity index is 2.22. The van der Waals surface area contributed by atoms with Crippen LogP contribution >= 0.6 is 0 Å². The minimum Gasteiger partial charge on any atom is -0.478 e. The van der Waals surface area contributed by atoms with E-state index >= 15 is 0 Å². The Morgan fingerprint density at radius 2 is 1.76 bits per heavy atom. The number of benzene rings is 2. The fraction of sp³-hybridized carbons (Fsp3) is 0.278. The SMILES string of the molecule is Cc1ccc(C(=O)O)cc1S(=O)(=O)N(c1ccc(N)cc1)[C@H]1CS(=O)(=O)C[C@H]1O. The maximum Gasteiger partial charge on any atom is 0.335 e. The van der Waals surface area contributed by atoms with Gasteiger partial charge in [0.15, 0.2) is 9.84 Å². The average Bonchev–Trinajstić information content (AvgIpc) is 2.88. The summed E-state index contributed by atoms with van der Waals surface area (Å²) in [6.07, 6.45) is -1.43. The molecule has 2 aromatic carbocycles. The Kier molecular flexibility index (Phi) is 5.32. The maximum atomic E-state index is 13.6. The summed E-state index contributed by atoms with van der Waals surface area (Å²) >= 11 is 0. The fourth-order valence-corrected chi connectivity index (χ4v) is 7.08. The van der Waals surface area contributed by atoms with E-state index in [0.717, 1.165) is 10.4 Å². The van der Waals surface area contributed by atoms with Crippen molar-refractivity contribution in [2.24, 2.45) is 0 Å². The van der Waals surface area contributed by atoms with Crippen LogP contribution in [0.2, 0.25) is 0 Å². The molecular formula is C18H20N2O7S2. The van der Waals surface area contributed by atoms with Crippen LogP contribution in [0, 0.1) is 6.92 Å². The Morgan fingerprint density at radius 3 is 2.28 bits per heavy atom. The van der Waals surface area contributed by atoms with Gasteiger partial charge in [-0.15, -0.1) is 0 Å². The van der Waals surface area contributed by atoms with Crippen molar-refractivity contribution in [1.29, 1.82) is 0 Å². The number of anilines is 2. The van der Waals surface area contributed by atoms with Gasteiger partial charge >= 0.3 is 5.97 Å². The van der Waals surface area contributed by atoms with E-state index < -0.39 is 49.5 Å². The smallest absolute Gasteiger partial charge is 0.335 e. The van der Waals surface area contributed by atoms with E-state index in [9.17, 15) is 31.8 Å². The molecule has 11 heteroatoms. The van der Waals surface area contributed by atoms with Crippen LogP contribution in [0.3, 0.4) is 0 Å². The van der Waals surface area contributed by atoms with E-state index in [1.54, 1.807) is 0 Å². The van der Waals surface area contributed by atoms with Crippen molar-refractivity contribution in [3.8, 4) is 0 Å². The largest absolute Gasteiger partial charge is 0.478 e. The zero-order valence-corrected chi connectivity index (χ0v) is 17.0. The molecule has 0 saturated carbocycles. The number of aromatic carboxylic acids is 1. The number of carbonyl (C=O) groups is 1. The summed E-state index contributed by atoms with van der Waals surface area (Å²) in [4.78, 5) is 11.0. The predicted octanol–water partition coefficient (Wildman–Crippen LogP) is 0.629. The summed E-state index contributed by atoms with van der Waals surface area (Å²) in [6.45, 7) is 1.50. The molecule has 0 amide bonds. The summed E-state index contributed by atoms with van der Waals surface area (Å²) < 4.78 is 52.0. The van der Waals surface area contributed by atoms with Gasteiger partial charge in [-0.3, -0.25) is 4.31 Å². The number of hydrogen-bond acceptors (Lipinski definition) is 7. The molecule has 1 aliphatic heterocycles. The number of rotatable bonds is 5. The lowest BCUT2D eigenvalue weighted by Gasteiger charge is -2.32. The molecule has 0 unspecified atom stereocenters. The topological polar surface area (TPSA) is 155 Å². The number of nitrogens with zero attached hydrogens (tertiary/aromatic N) is 1. The van der Waals surface area contributed by atoms with Crippen molar-refractivity contribution in [2.75, 3.05) is 21.5 Å². The fourth-order valence-electron chi connectivity index (χ4n) is 3.28. The van der Waals surface area contributed by atoms with E-state index in [-0.39, 0.29) is 21.7 Å². The van der Waals surface area contributed by atoms with E-state index in [4.69, 9.17) is 5.73 Å². The van der Waals surface area contributed by atoms with Crippen LogP contribution in [-0.2, 0) is 19.9 Å². The van der Waals surface area contributed by atoms with Gasteiger partial charge in [0.05, 0.1) is 39.8 Å². The lowest BCUT2D eigenvalue weighted by molar-refractivity contribution is 0.0696. The van der Waals surface area contributed by atoms with Crippen molar-refractivity contribution in [1.82, 2.24) is 0 Å². The first-order valence-electron chi connectivity index (χ1n) is 8.55. The lowest BCUT2D eigenvalue weighted by atomic mass is 10.1. The Labute approximate surface area is 168 Å². The summed E-state index contributed by atoms with van der Waals surface area (Å²) in [6, 6.07) is 8.11. The number of sulfone groups is 1. The predicted molar refractivity (Wildman–Crippen MR) is 107 cm³/mol. The first-order chi connectivity index (χ1) is 13.4. The maximum absolute atomic E-state index is 13.6. The number of carboxylic acid groups (broad SMARTS) is 1. The highest BCUT2D eigenvalue weighted by Gasteiger charge is 2.45. The van der Waals surface area contributed by atoms with Crippen LogP contribution in [0.5, 0.6) is 0 Å². The van der Waals surface area contributed by atoms with E-state index in [1.165, 1.54) is 43.3 Å². The molecule has 29 heavy (non-hydrogen) atoms. The molecule has 0 bridgehead atoms. The summed E-state index contributed by atoms with van der Waals surface area (Å²) in [5.74, 6) is -2.42. The van der Waals surface area contributed by atoms with Gasteiger partial charge in [0, 0.05) is 5.69 Å². The van der Waals surface area contributed by atoms with Gasteiger partial charge in [-0.25, -0.2) is 21.6 Å². The molecule has 156 valence electrons. The Bertz CT molecular complexity index is 1160. The van der Waals surface area contributed by atoms with Gasteiger partial charge in [0.25, 0.3) is 10.0 Å². The highest BCUT2D eigenvalue weighted by Crippen LogP contribution is 2.33. The minimum absolute atomic E-state index is 0.112. The molecule has 0 aliphatic carbocycles. The number of carboxylic acids is 1. The number of nitrogens with two attached hydrogens (primary N) is 1. The van der Waals surface area contributed by atoms with Crippen LogP contribution in [0.1, 0.15) is 15.9 Å². The number of hydrogen-bond donors (Lipinski definition) is 3. The van der Waals surface area contributed by atoms with Crippen molar-refractivity contribution in [3.63, 3.8) is 0 Å². The lowest BCUT2D eigenvalue weighted by Crippen LogP contribution is -2.47. The van der Waals surface area contributed by atoms with Crippen molar-refractivity contribution in [2.45, 2.75) is 24.0 Å². The molecule has 0 spiro atoms. The minimum atomic E-state index is -4.42. The molecule has 2 atom stereocenters. The average molecular weight is 440 g/mol. The number of aliphatic hydroxyl groups is 1. The third-order valence-electron chi connectivity index (χ3n) is 4.71.